The van der Waals surface area contributed by atoms with E-state index in [0.29, 0.717) is 38.2 Å². The van der Waals surface area contributed by atoms with Crippen LogP contribution in [0.5, 0.6) is 0 Å². The van der Waals surface area contributed by atoms with E-state index in [1.54, 1.807) is 6.08 Å². The van der Waals surface area contributed by atoms with Crippen LogP contribution in [0.4, 0.5) is 13.2 Å². The predicted molar refractivity (Wildman–Crippen MR) is 155 cm³/mol. The highest BCUT2D eigenvalue weighted by Crippen LogP contribution is 2.39. The van der Waals surface area contributed by atoms with Gasteiger partial charge in [-0.25, -0.2) is 0 Å². The molecule has 0 fully saturated rings. The Morgan fingerprint density at radius 3 is 2.10 bits per heavy atom. The molecule has 0 saturated heterocycles. The van der Waals surface area contributed by atoms with Crippen LogP contribution in [0, 0.1) is 0 Å². The van der Waals surface area contributed by atoms with Crippen LogP contribution in [0.3, 0.4) is 0 Å². The molecule has 0 aromatic rings. The van der Waals surface area contributed by atoms with Crippen LogP contribution in [-0.2, 0) is 23.4 Å². The molecule has 0 aliphatic rings. The van der Waals surface area contributed by atoms with Gasteiger partial charge in [-0.3, -0.25) is 4.79 Å². The van der Waals surface area contributed by atoms with Crippen LogP contribution in [0.25, 0.3) is 0 Å². The molecule has 1 unspecified atom stereocenters. The second-order valence-corrected chi connectivity index (χ2v) is 14.5. The van der Waals surface area contributed by atoms with Crippen LogP contribution >= 0.6 is 0 Å². The number of hydrogen-bond donors (Lipinski definition) is 1. The van der Waals surface area contributed by atoms with Crippen LogP contribution in [0.2, 0.25) is 18.1 Å². The van der Waals surface area contributed by atoms with Gasteiger partial charge >= 0.3 is 12.1 Å². The Hall–Kier alpha value is -2.00. The van der Waals surface area contributed by atoms with Gasteiger partial charge in [0.25, 0.3) is 0 Å². The van der Waals surface area contributed by atoms with Gasteiger partial charge in [0.2, 0.25) is 13.9 Å². The lowest BCUT2D eigenvalue weighted by atomic mass is 9.99. The highest BCUT2D eigenvalue weighted by atomic mass is 28.4. The molecule has 1 N–H and O–H groups in total. The molecule has 232 valence electrons. The van der Waals surface area contributed by atoms with Gasteiger partial charge in [0.1, 0.15) is 5.76 Å². The van der Waals surface area contributed by atoms with Crippen LogP contribution in [0.15, 0.2) is 41.6 Å². The number of methoxy groups -OCH3 is 2. The molecule has 0 rings (SSSR count). The van der Waals surface area contributed by atoms with Gasteiger partial charge in [0.15, 0.2) is 12.6 Å². The van der Waals surface area contributed by atoms with Gasteiger partial charge in [0, 0.05) is 19.6 Å². The summed E-state index contributed by atoms with van der Waals surface area (Å²) in [6.07, 6.45) is 7.77. The maximum Gasteiger partial charge on any atom is 0.429 e. The first kappa shape index (κ1) is 38.0. The molecule has 0 aliphatic heterocycles. The average Bonchev–Trinajstić information content (AvgIpc) is 2.93. The second kappa shape index (κ2) is 20.8. The fraction of sp³-hybridized carbons (Fsp3) is 0.733. The molecule has 0 heterocycles. The molecule has 10 heteroatoms. The Balaban J connectivity index is 6.35. The zero-order valence-electron chi connectivity index (χ0n) is 25.3. The van der Waals surface area contributed by atoms with Crippen molar-refractivity contribution >= 4 is 14.3 Å². The fourth-order valence-corrected chi connectivity index (χ4v) is 6.60. The first-order valence-electron chi connectivity index (χ1n) is 14.5. The molecule has 6 nitrogen and oxygen atoms in total. The van der Waals surface area contributed by atoms with Crippen molar-refractivity contribution in [3.63, 3.8) is 0 Å². The van der Waals surface area contributed by atoms with Crippen LogP contribution < -0.4 is 0 Å². The quantitative estimate of drug-likeness (QED) is 0.0258. The Morgan fingerprint density at radius 2 is 1.55 bits per heavy atom. The monoisotopic (exact) mass is 592 g/mol. The maximum atomic E-state index is 14.5. The minimum atomic E-state index is -5.12. The first-order chi connectivity index (χ1) is 19.0. The second-order valence-electron chi connectivity index (χ2n) is 9.81. The summed E-state index contributed by atoms with van der Waals surface area (Å²) in [5, 5.41) is 11.2. The average molecular weight is 593 g/mol. The summed E-state index contributed by atoms with van der Waals surface area (Å²) < 4.78 is 64.6. The van der Waals surface area contributed by atoms with E-state index in [2.05, 4.69) is 17.4 Å². The van der Waals surface area contributed by atoms with Gasteiger partial charge in [-0.15, -0.1) is 0 Å². The molecule has 0 aromatic heterocycles. The van der Waals surface area contributed by atoms with E-state index in [1.807, 2.05) is 26.8 Å². The third-order valence-corrected chi connectivity index (χ3v) is 11.4. The Bertz CT molecular complexity index is 822. The van der Waals surface area contributed by atoms with Crippen molar-refractivity contribution in [2.24, 2.45) is 0 Å². The van der Waals surface area contributed by atoms with Crippen molar-refractivity contribution in [2.75, 3.05) is 21.0 Å². The molecule has 0 aromatic carbocycles. The van der Waals surface area contributed by atoms with E-state index in [-0.39, 0.29) is 18.1 Å². The Kier molecular flexibility index (Phi) is 19.8. The molecular formula is C30H51F3O6Si. The molecule has 0 bridgehead atoms. The number of rotatable bonds is 22. The van der Waals surface area contributed by atoms with Crippen molar-refractivity contribution < 1.29 is 41.7 Å². The minimum Gasteiger partial charge on any atom is -0.544 e. The van der Waals surface area contributed by atoms with Gasteiger partial charge in [0.05, 0.1) is 7.11 Å². The lowest BCUT2D eigenvalue weighted by Crippen LogP contribution is -2.46. The smallest absolute Gasteiger partial charge is 0.429 e. The summed E-state index contributed by atoms with van der Waals surface area (Å²) in [6.45, 7) is 7.58. The molecular weight excluding hydrogens is 541 g/mol. The zero-order valence-corrected chi connectivity index (χ0v) is 26.3. The predicted octanol–water partition coefficient (Wildman–Crippen LogP) is 8.50. The van der Waals surface area contributed by atoms with Crippen molar-refractivity contribution in [2.45, 2.75) is 122 Å². The van der Waals surface area contributed by atoms with Gasteiger partial charge in [-0.05, 0) is 62.4 Å². The first-order valence-corrected chi connectivity index (χ1v) is 17.0. The zero-order chi connectivity index (χ0) is 30.5. The number of allylic oxidation sites excluding steroid dienone is 2. The van der Waals surface area contributed by atoms with Crippen molar-refractivity contribution in [1.82, 2.24) is 0 Å². The summed E-state index contributed by atoms with van der Waals surface area (Å²) >= 11 is 0. The molecule has 0 aliphatic carbocycles. The number of alkyl halides is 3. The Labute approximate surface area is 240 Å². The van der Waals surface area contributed by atoms with Crippen molar-refractivity contribution in [3.05, 3.63) is 41.6 Å². The molecule has 1 atom stereocenters. The minimum absolute atomic E-state index is 0.0179. The van der Waals surface area contributed by atoms with E-state index in [0.717, 1.165) is 43.8 Å². The summed E-state index contributed by atoms with van der Waals surface area (Å²) in [5.74, 6) is -1.14. The van der Waals surface area contributed by atoms with E-state index in [9.17, 15) is 23.1 Å². The molecule has 0 spiro atoms. The number of unbranched alkanes of at least 4 members (excludes halogenated alkanes) is 7. The SMILES string of the molecule is CCCCCC/C=C/C(=C\C(O)(C(=C=CCCCCCC(=O)OC)OCOC)C(F)(F)F)O[Si](CC)(CC)CC. The number of ether oxygens (including phenoxy) is 3. The number of esters is 1. The number of carbonyl (C=O) groups excluding carboxylic acids is 1. The molecule has 0 saturated carbocycles. The highest BCUT2D eigenvalue weighted by Gasteiger charge is 2.57. The lowest BCUT2D eigenvalue weighted by Gasteiger charge is -2.33. The highest BCUT2D eigenvalue weighted by molar-refractivity contribution is 6.73. The fourth-order valence-electron chi connectivity index (χ4n) is 4.04. The maximum absolute atomic E-state index is 14.5. The number of carbonyl (C=O) groups is 1. The van der Waals surface area contributed by atoms with Crippen molar-refractivity contribution in [3.8, 4) is 0 Å². The van der Waals surface area contributed by atoms with E-state index in [4.69, 9.17) is 13.9 Å². The van der Waals surface area contributed by atoms with E-state index < -0.39 is 32.6 Å². The third kappa shape index (κ3) is 14.1. The van der Waals surface area contributed by atoms with Crippen LogP contribution in [-0.4, -0.2) is 52.2 Å². The lowest BCUT2D eigenvalue weighted by molar-refractivity contribution is -0.240. The van der Waals surface area contributed by atoms with Crippen molar-refractivity contribution in [1.29, 1.82) is 0 Å². The summed E-state index contributed by atoms with van der Waals surface area (Å²) in [4.78, 5) is 11.2. The summed E-state index contributed by atoms with van der Waals surface area (Å²) in [7, 11) is 0.235. The molecule has 40 heavy (non-hydrogen) atoms. The normalized spacial score (nSPS) is 14.0. The third-order valence-electron chi connectivity index (χ3n) is 6.91. The van der Waals surface area contributed by atoms with Gasteiger partial charge in [-0.2, -0.15) is 13.2 Å². The standard InChI is InChI=1S/C30H51F3O6Si/c1-7-11-12-13-15-18-21-26(39-40(8-2,9-3)10-4)24-29(35,30(31,32)33)27(38-25-36-5)22-19-16-14-17-20-23-28(34)37-6/h18-19,21,24,35H,7-17,20,23,25H2,1-6H3/b21-18+,26-24+. The molecule has 0 amide bonds. The Morgan fingerprint density at radius 1 is 0.925 bits per heavy atom. The van der Waals surface area contributed by atoms with E-state index >= 15 is 0 Å². The van der Waals surface area contributed by atoms with Crippen LogP contribution in [0.1, 0.15) is 91.9 Å². The van der Waals surface area contributed by atoms with Gasteiger partial charge < -0.3 is 23.7 Å². The van der Waals surface area contributed by atoms with E-state index in [1.165, 1.54) is 20.3 Å². The number of hydrogen-bond acceptors (Lipinski definition) is 6. The van der Waals surface area contributed by atoms with Gasteiger partial charge in [-0.1, -0.05) is 65.2 Å². The summed E-state index contributed by atoms with van der Waals surface area (Å²) in [6, 6.07) is 2.18. The largest absolute Gasteiger partial charge is 0.544 e. The number of halogens is 3. The summed E-state index contributed by atoms with van der Waals surface area (Å²) in [5.41, 5.74) is -0.954. The molecule has 0 radical (unpaired) electrons. The number of aliphatic hydroxyl groups is 1. The topological polar surface area (TPSA) is 74.2 Å².